The number of methoxy groups -OCH3 is 1. The predicted octanol–water partition coefficient (Wildman–Crippen LogP) is 1.56. The third kappa shape index (κ3) is 2.97. The quantitative estimate of drug-likeness (QED) is 0.810. The van der Waals surface area contributed by atoms with E-state index < -0.39 is 0 Å². The topological polar surface area (TPSA) is 41.5 Å². The van der Waals surface area contributed by atoms with Crippen molar-refractivity contribution in [3.63, 3.8) is 0 Å². The highest BCUT2D eigenvalue weighted by atomic mass is 16.5. The fraction of sp³-hybridized carbons (Fsp3) is 0.538. The fourth-order valence-electron chi connectivity index (χ4n) is 2.35. The van der Waals surface area contributed by atoms with Gasteiger partial charge in [0.1, 0.15) is 5.75 Å². The smallest absolute Gasteiger partial charge is 0.115 e. The van der Waals surface area contributed by atoms with Crippen LogP contribution in [0.25, 0.3) is 0 Å². The van der Waals surface area contributed by atoms with Gasteiger partial charge in [-0.15, -0.1) is 0 Å². The van der Waals surface area contributed by atoms with Crippen LogP contribution in [0.4, 0.5) is 0 Å². The summed E-state index contributed by atoms with van der Waals surface area (Å²) >= 11 is 0. The van der Waals surface area contributed by atoms with Gasteiger partial charge in [-0.3, -0.25) is 0 Å². The van der Waals surface area contributed by atoms with Gasteiger partial charge in [0.05, 0.1) is 6.61 Å². The number of hydrogen-bond donors (Lipinski definition) is 2. The Kier molecular flexibility index (Phi) is 3.80. The lowest BCUT2D eigenvalue weighted by molar-refractivity contribution is 0.172. The van der Waals surface area contributed by atoms with Crippen molar-refractivity contribution >= 4 is 0 Å². The van der Waals surface area contributed by atoms with E-state index in [1.165, 1.54) is 12.0 Å². The highest BCUT2D eigenvalue weighted by Crippen LogP contribution is 2.20. The highest BCUT2D eigenvalue weighted by molar-refractivity contribution is 5.26. The van der Waals surface area contributed by atoms with Gasteiger partial charge in [-0.2, -0.15) is 0 Å². The molecule has 1 aromatic carbocycles. The number of aromatic hydroxyl groups is 1. The van der Waals surface area contributed by atoms with Crippen molar-refractivity contribution in [2.45, 2.75) is 18.9 Å². The number of nitrogens with one attached hydrogen (secondary N) is 1. The van der Waals surface area contributed by atoms with Gasteiger partial charge in [-0.25, -0.2) is 0 Å². The van der Waals surface area contributed by atoms with E-state index in [-0.39, 0.29) is 0 Å². The molecule has 2 rings (SSSR count). The highest BCUT2D eigenvalue weighted by Gasteiger charge is 2.23. The zero-order valence-electron chi connectivity index (χ0n) is 9.65. The number of benzene rings is 1. The molecule has 1 aromatic rings. The molecule has 1 aliphatic heterocycles. The van der Waals surface area contributed by atoms with Gasteiger partial charge in [0.15, 0.2) is 0 Å². The summed E-state index contributed by atoms with van der Waals surface area (Å²) in [7, 11) is 1.75. The van der Waals surface area contributed by atoms with E-state index in [4.69, 9.17) is 4.74 Å². The first kappa shape index (κ1) is 11.4. The Balaban J connectivity index is 1.84. The van der Waals surface area contributed by atoms with E-state index in [2.05, 4.69) is 5.32 Å². The number of hydrogen-bond acceptors (Lipinski definition) is 3. The Hall–Kier alpha value is -1.06. The van der Waals surface area contributed by atoms with Crippen molar-refractivity contribution in [3.05, 3.63) is 29.8 Å². The van der Waals surface area contributed by atoms with Crippen LogP contribution in [0.2, 0.25) is 0 Å². The number of rotatable bonds is 4. The van der Waals surface area contributed by atoms with Crippen LogP contribution >= 0.6 is 0 Å². The van der Waals surface area contributed by atoms with Gasteiger partial charge in [-0.1, -0.05) is 12.1 Å². The monoisotopic (exact) mass is 221 g/mol. The van der Waals surface area contributed by atoms with Crippen LogP contribution in [-0.2, 0) is 11.2 Å². The van der Waals surface area contributed by atoms with Gasteiger partial charge < -0.3 is 15.2 Å². The number of phenols is 1. The Bertz CT molecular complexity index is 323. The molecule has 0 amide bonds. The van der Waals surface area contributed by atoms with Crippen molar-refractivity contribution in [2.75, 3.05) is 20.3 Å². The summed E-state index contributed by atoms with van der Waals surface area (Å²) in [6.07, 6.45) is 2.25. The average Bonchev–Trinajstić information content (AvgIpc) is 2.70. The second-order valence-corrected chi connectivity index (χ2v) is 4.53. The van der Waals surface area contributed by atoms with E-state index in [0.717, 1.165) is 19.6 Å². The molecule has 2 unspecified atom stereocenters. The molecule has 88 valence electrons. The standard InChI is InChI=1S/C13H19NO2/c1-16-9-12-7-11(8-14-12)6-10-2-4-13(15)5-3-10/h2-5,11-12,14-15H,6-9H2,1H3. The molecule has 0 bridgehead atoms. The zero-order valence-corrected chi connectivity index (χ0v) is 9.65. The summed E-state index contributed by atoms with van der Waals surface area (Å²) in [6.45, 7) is 1.86. The summed E-state index contributed by atoms with van der Waals surface area (Å²) in [5, 5.41) is 12.7. The second-order valence-electron chi connectivity index (χ2n) is 4.53. The van der Waals surface area contributed by atoms with Crippen molar-refractivity contribution < 1.29 is 9.84 Å². The van der Waals surface area contributed by atoms with Crippen LogP contribution < -0.4 is 5.32 Å². The first-order chi connectivity index (χ1) is 7.78. The SMILES string of the molecule is COCC1CC(Cc2ccc(O)cc2)CN1. The Morgan fingerprint density at radius 2 is 2.12 bits per heavy atom. The molecule has 0 saturated carbocycles. The van der Waals surface area contributed by atoms with Gasteiger partial charge in [0.2, 0.25) is 0 Å². The number of ether oxygens (including phenoxy) is 1. The Morgan fingerprint density at radius 1 is 1.38 bits per heavy atom. The predicted molar refractivity (Wildman–Crippen MR) is 63.6 cm³/mol. The lowest BCUT2D eigenvalue weighted by Crippen LogP contribution is -2.25. The molecule has 0 aliphatic carbocycles. The number of phenolic OH excluding ortho intramolecular Hbond substituents is 1. The molecule has 1 heterocycles. The summed E-state index contributed by atoms with van der Waals surface area (Å²) in [5.41, 5.74) is 1.29. The molecule has 0 aromatic heterocycles. The zero-order chi connectivity index (χ0) is 11.4. The molecule has 1 aliphatic rings. The van der Waals surface area contributed by atoms with E-state index in [9.17, 15) is 5.11 Å². The molecule has 2 atom stereocenters. The van der Waals surface area contributed by atoms with Crippen molar-refractivity contribution in [1.29, 1.82) is 0 Å². The maximum Gasteiger partial charge on any atom is 0.115 e. The maximum atomic E-state index is 9.20. The molecule has 0 radical (unpaired) electrons. The van der Waals surface area contributed by atoms with Gasteiger partial charge in [0.25, 0.3) is 0 Å². The molecule has 0 spiro atoms. The minimum absolute atomic E-state index is 0.338. The van der Waals surface area contributed by atoms with Crippen LogP contribution in [0.3, 0.4) is 0 Å². The average molecular weight is 221 g/mol. The fourth-order valence-corrected chi connectivity index (χ4v) is 2.35. The molecule has 16 heavy (non-hydrogen) atoms. The largest absolute Gasteiger partial charge is 0.508 e. The second kappa shape index (κ2) is 5.32. The Morgan fingerprint density at radius 3 is 2.81 bits per heavy atom. The summed E-state index contributed by atoms with van der Waals surface area (Å²) in [6, 6.07) is 8.01. The minimum atomic E-state index is 0.338. The molecular weight excluding hydrogens is 202 g/mol. The summed E-state index contributed by atoms with van der Waals surface area (Å²) in [4.78, 5) is 0. The van der Waals surface area contributed by atoms with Gasteiger partial charge in [-0.05, 0) is 43.0 Å². The third-order valence-corrected chi connectivity index (χ3v) is 3.14. The maximum absolute atomic E-state index is 9.20. The van der Waals surface area contributed by atoms with Crippen LogP contribution in [-0.4, -0.2) is 31.4 Å². The molecular formula is C13H19NO2. The van der Waals surface area contributed by atoms with E-state index in [1.54, 1.807) is 19.2 Å². The van der Waals surface area contributed by atoms with Crippen molar-refractivity contribution in [3.8, 4) is 5.75 Å². The lowest BCUT2D eigenvalue weighted by Gasteiger charge is -2.09. The van der Waals surface area contributed by atoms with Crippen LogP contribution in [0.5, 0.6) is 5.75 Å². The molecule has 3 heteroatoms. The summed E-state index contributed by atoms with van der Waals surface area (Å²) in [5.74, 6) is 1.02. The molecule has 1 fully saturated rings. The normalized spacial score (nSPS) is 24.8. The van der Waals surface area contributed by atoms with Crippen molar-refractivity contribution in [2.24, 2.45) is 5.92 Å². The van der Waals surface area contributed by atoms with E-state index >= 15 is 0 Å². The van der Waals surface area contributed by atoms with Crippen molar-refractivity contribution in [1.82, 2.24) is 5.32 Å². The minimum Gasteiger partial charge on any atom is -0.508 e. The first-order valence-electron chi connectivity index (χ1n) is 5.78. The van der Waals surface area contributed by atoms with E-state index in [1.807, 2.05) is 12.1 Å². The Labute approximate surface area is 96.4 Å². The summed E-state index contributed by atoms with van der Waals surface area (Å²) < 4.78 is 5.14. The van der Waals surface area contributed by atoms with Gasteiger partial charge in [0, 0.05) is 13.2 Å². The van der Waals surface area contributed by atoms with E-state index in [0.29, 0.717) is 17.7 Å². The molecule has 1 saturated heterocycles. The third-order valence-electron chi connectivity index (χ3n) is 3.14. The van der Waals surface area contributed by atoms with Crippen LogP contribution in [0.15, 0.2) is 24.3 Å². The van der Waals surface area contributed by atoms with Crippen LogP contribution in [0, 0.1) is 5.92 Å². The van der Waals surface area contributed by atoms with Gasteiger partial charge >= 0.3 is 0 Å². The molecule has 3 nitrogen and oxygen atoms in total. The van der Waals surface area contributed by atoms with Crippen LogP contribution in [0.1, 0.15) is 12.0 Å². The lowest BCUT2D eigenvalue weighted by atomic mass is 9.97. The molecule has 2 N–H and O–H groups in total. The first-order valence-corrected chi connectivity index (χ1v) is 5.78.